The van der Waals surface area contributed by atoms with Crippen LogP contribution in [0.5, 0.6) is 0 Å². The fourth-order valence-corrected chi connectivity index (χ4v) is 5.13. The maximum absolute atomic E-state index is 11.7. The lowest BCUT2D eigenvalue weighted by atomic mass is 9.60. The van der Waals surface area contributed by atoms with Gasteiger partial charge < -0.3 is 5.32 Å². The van der Waals surface area contributed by atoms with Gasteiger partial charge in [-0.15, -0.1) is 0 Å². The summed E-state index contributed by atoms with van der Waals surface area (Å²) in [5.41, 5.74) is 0.680. The Morgan fingerprint density at radius 1 is 1.48 bits per heavy atom. The molecule has 1 aliphatic carbocycles. The van der Waals surface area contributed by atoms with E-state index in [1.165, 1.54) is 6.26 Å². The molecule has 5 nitrogen and oxygen atoms in total. The van der Waals surface area contributed by atoms with Crippen molar-refractivity contribution in [1.29, 1.82) is 0 Å². The predicted octanol–water partition coefficient (Wildman–Crippen LogP) is 1.99. The van der Waals surface area contributed by atoms with Gasteiger partial charge in [-0.05, 0) is 37.3 Å². The number of nitrogens with one attached hydrogen (secondary N) is 2. The number of nitrogens with zero attached hydrogens (tertiary/aromatic N) is 1. The molecule has 2 rings (SSSR count). The van der Waals surface area contributed by atoms with Crippen LogP contribution >= 0.6 is 12.2 Å². The molecule has 2 N–H and O–H groups in total. The second kappa shape index (κ2) is 7.23. The Labute approximate surface area is 144 Å². The molecule has 0 aromatic carbocycles. The number of thiocarbonyl (C=S) groups is 1. The summed E-state index contributed by atoms with van der Waals surface area (Å²) in [5.74, 6) is 0.0927. The van der Waals surface area contributed by atoms with Crippen molar-refractivity contribution in [3.8, 4) is 0 Å². The first-order chi connectivity index (χ1) is 10.8. The Bertz CT molecular complexity index is 649. The van der Waals surface area contributed by atoms with Gasteiger partial charge in [-0.2, -0.15) is 0 Å². The number of hydrogen-bond donors (Lipinski definition) is 2. The molecule has 7 heteroatoms. The van der Waals surface area contributed by atoms with Gasteiger partial charge in [0.05, 0.1) is 16.7 Å². The Morgan fingerprint density at radius 3 is 2.78 bits per heavy atom. The van der Waals surface area contributed by atoms with Crippen LogP contribution in [0.2, 0.25) is 0 Å². The Hall–Kier alpha value is -1.05. The summed E-state index contributed by atoms with van der Waals surface area (Å²) in [6.45, 7) is 1.93. The number of likely N-dealkylation sites (N-methyl/N-ethyl adjacent to an activating group) is 1. The second-order valence-corrected chi connectivity index (χ2v) is 8.51. The van der Waals surface area contributed by atoms with E-state index in [1.54, 1.807) is 6.20 Å². The van der Waals surface area contributed by atoms with Crippen molar-refractivity contribution in [2.24, 2.45) is 5.92 Å². The van der Waals surface area contributed by atoms with E-state index in [0.29, 0.717) is 0 Å². The summed E-state index contributed by atoms with van der Waals surface area (Å²) < 4.78 is 26.2. The second-order valence-electron chi connectivity index (χ2n) is 6.32. The Balaban J connectivity index is 2.50. The zero-order valence-electron chi connectivity index (χ0n) is 13.9. The van der Waals surface area contributed by atoms with Crippen molar-refractivity contribution in [2.45, 2.75) is 44.1 Å². The van der Waals surface area contributed by atoms with Crippen LogP contribution in [0.25, 0.3) is 0 Å². The summed E-state index contributed by atoms with van der Waals surface area (Å²) >= 11 is 5.69. The monoisotopic (exact) mass is 355 g/mol. The van der Waals surface area contributed by atoms with Gasteiger partial charge in [-0.3, -0.25) is 4.98 Å². The Kier molecular flexibility index (Phi) is 5.75. The maximum atomic E-state index is 11.7. The molecule has 1 aromatic heterocycles. The lowest BCUT2D eigenvalue weighted by Crippen LogP contribution is -2.55. The van der Waals surface area contributed by atoms with Crippen molar-refractivity contribution < 1.29 is 8.42 Å². The molecule has 3 atom stereocenters. The molecular weight excluding hydrogens is 330 g/mol. The highest BCUT2D eigenvalue weighted by Gasteiger charge is 2.48. The van der Waals surface area contributed by atoms with E-state index in [2.05, 4.69) is 15.0 Å². The van der Waals surface area contributed by atoms with Gasteiger partial charge in [-0.1, -0.05) is 31.1 Å². The average molecular weight is 356 g/mol. The fourth-order valence-electron chi connectivity index (χ4n) is 3.92. The molecule has 128 valence electrons. The molecule has 1 fully saturated rings. The van der Waals surface area contributed by atoms with Crippen LogP contribution in [0, 0.1) is 5.92 Å². The minimum atomic E-state index is -3.27. The van der Waals surface area contributed by atoms with E-state index >= 15 is 0 Å². The highest BCUT2D eigenvalue weighted by Crippen LogP contribution is 2.46. The molecule has 1 aliphatic rings. The summed E-state index contributed by atoms with van der Waals surface area (Å²) in [7, 11) is -1.43. The predicted molar refractivity (Wildman–Crippen MR) is 97.0 cm³/mol. The van der Waals surface area contributed by atoms with Crippen LogP contribution in [0.3, 0.4) is 0 Å². The van der Waals surface area contributed by atoms with E-state index < -0.39 is 10.0 Å². The van der Waals surface area contributed by atoms with Crippen LogP contribution in [-0.4, -0.2) is 37.7 Å². The first kappa shape index (κ1) is 18.3. The summed E-state index contributed by atoms with van der Waals surface area (Å²) in [6.07, 6.45) is 8.78. The zero-order chi connectivity index (χ0) is 17.1. The van der Waals surface area contributed by atoms with Crippen LogP contribution in [0.15, 0.2) is 24.5 Å². The standard InChI is InChI=1S/C16H25N3O2S2/c1-12(19-23(3,20)21)14-8-4-5-9-16(14,15(22)17-2)13-7-6-10-18-11-13/h6-7,10-12,14,19H,4-5,8-9H2,1-3H3,(H,17,22)/t12?,14-,16-/m1/s1. The number of hydrogen-bond acceptors (Lipinski definition) is 4. The summed E-state index contributed by atoms with van der Waals surface area (Å²) in [5, 5.41) is 3.15. The zero-order valence-corrected chi connectivity index (χ0v) is 15.5. The van der Waals surface area contributed by atoms with Crippen molar-refractivity contribution in [3.63, 3.8) is 0 Å². The van der Waals surface area contributed by atoms with Gasteiger partial charge in [0.2, 0.25) is 10.0 Å². The van der Waals surface area contributed by atoms with E-state index in [9.17, 15) is 8.42 Å². The first-order valence-corrected chi connectivity index (χ1v) is 10.2. The molecule has 0 saturated heterocycles. The largest absolute Gasteiger partial charge is 0.382 e. The van der Waals surface area contributed by atoms with Crippen LogP contribution < -0.4 is 10.0 Å². The molecule has 1 aromatic rings. The van der Waals surface area contributed by atoms with Crippen molar-refractivity contribution in [1.82, 2.24) is 15.0 Å². The van der Waals surface area contributed by atoms with E-state index in [1.807, 2.05) is 32.3 Å². The van der Waals surface area contributed by atoms with Gasteiger partial charge in [0.25, 0.3) is 0 Å². The topological polar surface area (TPSA) is 71.1 Å². The lowest BCUT2D eigenvalue weighted by Gasteiger charge is -2.47. The lowest BCUT2D eigenvalue weighted by molar-refractivity contribution is 0.213. The van der Waals surface area contributed by atoms with Gasteiger partial charge in [-0.25, -0.2) is 13.1 Å². The molecule has 1 saturated carbocycles. The van der Waals surface area contributed by atoms with E-state index in [0.717, 1.165) is 36.2 Å². The molecule has 0 radical (unpaired) electrons. The third kappa shape index (κ3) is 3.89. The molecule has 1 unspecified atom stereocenters. The van der Waals surface area contributed by atoms with Crippen LogP contribution in [-0.2, 0) is 15.4 Å². The molecule has 0 spiro atoms. The van der Waals surface area contributed by atoms with Crippen molar-refractivity contribution in [2.75, 3.05) is 13.3 Å². The quantitative estimate of drug-likeness (QED) is 0.791. The number of rotatable bonds is 5. The average Bonchev–Trinajstić information content (AvgIpc) is 2.53. The summed E-state index contributed by atoms with van der Waals surface area (Å²) in [4.78, 5) is 5.03. The minimum Gasteiger partial charge on any atom is -0.382 e. The number of sulfonamides is 1. The van der Waals surface area contributed by atoms with Gasteiger partial charge in [0.1, 0.15) is 0 Å². The number of pyridine rings is 1. The fraction of sp³-hybridized carbons (Fsp3) is 0.625. The van der Waals surface area contributed by atoms with Crippen molar-refractivity contribution >= 4 is 27.2 Å². The number of aromatic nitrogens is 1. The van der Waals surface area contributed by atoms with Gasteiger partial charge in [0.15, 0.2) is 0 Å². The third-order valence-electron chi connectivity index (χ3n) is 4.78. The van der Waals surface area contributed by atoms with Gasteiger partial charge in [0, 0.05) is 25.5 Å². The highest BCUT2D eigenvalue weighted by molar-refractivity contribution is 7.88. The molecule has 0 amide bonds. The highest BCUT2D eigenvalue weighted by atomic mass is 32.2. The molecule has 23 heavy (non-hydrogen) atoms. The van der Waals surface area contributed by atoms with E-state index in [-0.39, 0.29) is 17.4 Å². The third-order valence-corrected chi connectivity index (χ3v) is 6.15. The Morgan fingerprint density at radius 2 is 2.22 bits per heavy atom. The molecule has 0 aliphatic heterocycles. The molecule has 1 heterocycles. The summed E-state index contributed by atoms with van der Waals surface area (Å²) in [6, 6.07) is 3.76. The van der Waals surface area contributed by atoms with E-state index in [4.69, 9.17) is 12.2 Å². The smallest absolute Gasteiger partial charge is 0.208 e. The molecule has 0 bridgehead atoms. The van der Waals surface area contributed by atoms with Crippen molar-refractivity contribution in [3.05, 3.63) is 30.1 Å². The SMILES string of the molecule is CNC(=S)[C@@]1(c2cccnc2)CCCC[C@@H]1C(C)NS(C)(=O)=O. The molecular formula is C16H25N3O2S2. The van der Waals surface area contributed by atoms with Crippen LogP contribution in [0.1, 0.15) is 38.2 Å². The normalized spacial score (nSPS) is 26.5. The minimum absolute atomic E-state index is 0.0927. The first-order valence-electron chi connectivity index (χ1n) is 7.91. The van der Waals surface area contributed by atoms with Gasteiger partial charge >= 0.3 is 0 Å². The maximum Gasteiger partial charge on any atom is 0.208 e. The van der Waals surface area contributed by atoms with Crippen LogP contribution in [0.4, 0.5) is 0 Å².